The van der Waals surface area contributed by atoms with Crippen molar-refractivity contribution in [2.24, 2.45) is 11.1 Å². The maximum absolute atomic E-state index is 12.6. The molecule has 2 heterocycles. The second kappa shape index (κ2) is 9.66. The zero-order chi connectivity index (χ0) is 25.3. The monoisotopic (exact) mass is 489 g/mol. The van der Waals surface area contributed by atoms with Crippen LogP contribution in [0, 0.1) is 5.41 Å². The minimum Gasteiger partial charge on any atom is -0.496 e. The molecule has 5 N–H and O–H groups in total. The van der Waals surface area contributed by atoms with Gasteiger partial charge in [0.2, 0.25) is 0 Å². The highest BCUT2D eigenvalue weighted by Gasteiger charge is 2.42. The Labute approximate surface area is 209 Å². The van der Waals surface area contributed by atoms with Crippen LogP contribution >= 0.6 is 0 Å². The van der Waals surface area contributed by atoms with E-state index in [-0.39, 0.29) is 17.5 Å². The van der Waals surface area contributed by atoms with Crippen molar-refractivity contribution >= 4 is 17.6 Å². The molecule has 0 bridgehead atoms. The van der Waals surface area contributed by atoms with Gasteiger partial charge in [0.25, 0.3) is 11.8 Å². The van der Waals surface area contributed by atoms with E-state index in [0.717, 1.165) is 50.0 Å². The minimum atomic E-state index is -0.596. The number of hydrogen-bond donors (Lipinski definition) is 3. The van der Waals surface area contributed by atoms with Crippen molar-refractivity contribution in [2.45, 2.75) is 38.3 Å². The molecule has 0 unspecified atom stereocenters. The van der Waals surface area contributed by atoms with E-state index < -0.39 is 5.91 Å². The Morgan fingerprint density at radius 2 is 1.83 bits per heavy atom. The van der Waals surface area contributed by atoms with Crippen molar-refractivity contribution in [3.8, 4) is 17.0 Å². The maximum Gasteiger partial charge on any atom is 0.255 e. The van der Waals surface area contributed by atoms with E-state index in [1.807, 2.05) is 30.3 Å². The zero-order valence-electron chi connectivity index (χ0n) is 20.3. The van der Waals surface area contributed by atoms with Crippen LogP contribution in [0.1, 0.15) is 58.0 Å². The Hall–Kier alpha value is -3.85. The number of carbonyl (C=O) groups excluding carboxylic acids is 2. The second-order valence-electron chi connectivity index (χ2n) is 9.72. The number of aromatic nitrogens is 2. The fourth-order valence-corrected chi connectivity index (χ4v) is 5.20. The first-order valence-electron chi connectivity index (χ1n) is 12.2. The van der Waals surface area contributed by atoms with Gasteiger partial charge in [-0.25, -0.2) is 4.68 Å². The molecular weight excluding hydrogens is 458 g/mol. The van der Waals surface area contributed by atoms with Crippen molar-refractivity contribution in [1.29, 1.82) is 0 Å². The van der Waals surface area contributed by atoms with Crippen molar-refractivity contribution in [1.82, 2.24) is 15.1 Å². The van der Waals surface area contributed by atoms with Gasteiger partial charge in [-0.15, -0.1) is 0 Å². The van der Waals surface area contributed by atoms with Gasteiger partial charge in [-0.05, 0) is 43.4 Å². The normalized spacial score (nSPS) is 16.9. The van der Waals surface area contributed by atoms with E-state index in [2.05, 4.69) is 5.32 Å². The van der Waals surface area contributed by atoms with Gasteiger partial charge in [0, 0.05) is 17.5 Å². The SMILES string of the molecule is COc1ccccc1C(=O)NCc1ccc(-c2nn(C3CCC4(CC3)COC4)c(N)c2C(N)=O)cc1. The summed E-state index contributed by atoms with van der Waals surface area (Å²) in [6, 6.07) is 14.7. The molecule has 36 heavy (non-hydrogen) atoms. The molecule has 1 saturated heterocycles. The Kier molecular flexibility index (Phi) is 6.40. The summed E-state index contributed by atoms with van der Waals surface area (Å²) in [4.78, 5) is 24.9. The number of nitrogens with zero attached hydrogens (tertiary/aromatic N) is 2. The number of para-hydroxylation sites is 1. The Balaban J connectivity index is 1.31. The smallest absolute Gasteiger partial charge is 0.255 e. The predicted octanol–water partition coefficient (Wildman–Crippen LogP) is 3.30. The Bertz CT molecular complexity index is 1270. The number of rotatable bonds is 7. The van der Waals surface area contributed by atoms with E-state index in [9.17, 15) is 9.59 Å². The number of carbonyl (C=O) groups is 2. The first-order chi connectivity index (χ1) is 17.4. The summed E-state index contributed by atoms with van der Waals surface area (Å²) in [5, 5.41) is 7.66. The summed E-state index contributed by atoms with van der Waals surface area (Å²) in [5.74, 6) is 0.0199. The Morgan fingerprint density at radius 1 is 1.14 bits per heavy atom. The van der Waals surface area contributed by atoms with Crippen LogP contribution in [0.15, 0.2) is 48.5 Å². The molecule has 0 atom stereocenters. The lowest BCUT2D eigenvalue weighted by Crippen LogP contribution is -2.45. The molecule has 5 rings (SSSR count). The molecule has 1 spiro atoms. The van der Waals surface area contributed by atoms with Crippen molar-refractivity contribution in [3.63, 3.8) is 0 Å². The molecule has 9 heteroatoms. The topological polar surface area (TPSA) is 134 Å². The van der Waals surface area contributed by atoms with Crippen molar-refractivity contribution < 1.29 is 19.1 Å². The number of nitrogen functional groups attached to an aromatic ring is 1. The van der Waals surface area contributed by atoms with Crippen LogP contribution < -0.4 is 21.5 Å². The number of benzene rings is 2. The number of amides is 2. The second-order valence-corrected chi connectivity index (χ2v) is 9.72. The number of primary amides is 1. The highest BCUT2D eigenvalue weighted by atomic mass is 16.5. The molecule has 1 aliphatic heterocycles. The predicted molar refractivity (Wildman–Crippen MR) is 136 cm³/mol. The van der Waals surface area contributed by atoms with E-state index >= 15 is 0 Å². The number of anilines is 1. The number of nitrogens with two attached hydrogens (primary N) is 2. The highest BCUT2D eigenvalue weighted by molar-refractivity contribution is 6.03. The average Bonchev–Trinajstić information content (AvgIpc) is 3.23. The van der Waals surface area contributed by atoms with Gasteiger partial charge < -0.3 is 26.3 Å². The van der Waals surface area contributed by atoms with E-state index in [4.69, 9.17) is 26.0 Å². The summed E-state index contributed by atoms with van der Waals surface area (Å²) in [6.07, 6.45) is 4.01. The molecule has 2 aromatic carbocycles. The number of nitrogens with one attached hydrogen (secondary N) is 1. The third kappa shape index (κ3) is 4.42. The van der Waals surface area contributed by atoms with E-state index in [1.54, 1.807) is 22.9 Å². The minimum absolute atomic E-state index is 0.132. The molecule has 1 aromatic heterocycles. The fraction of sp³-hybridized carbons (Fsp3) is 0.370. The van der Waals surface area contributed by atoms with Crippen LogP contribution in [0.4, 0.5) is 5.82 Å². The third-order valence-corrected chi connectivity index (χ3v) is 7.40. The molecule has 0 radical (unpaired) electrons. The summed E-state index contributed by atoms with van der Waals surface area (Å²) < 4.78 is 12.5. The Morgan fingerprint density at radius 3 is 2.44 bits per heavy atom. The van der Waals surface area contributed by atoms with Crippen LogP contribution in [0.25, 0.3) is 11.3 Å². The molecule has 1 aliphatic carbocycles. The molecule has 3 aromatic rings. The van der Waals surface area contributed by atoms with Crippen molar-refractivity contribution in [3.05, 3.63) is 65.2 Å². The lowest BCUT2D eigenvalue weighted by molar-refractivity contribution is -0.135. The standard InChI is InChI=1S/C27H31N5O4/c1-35-21-5-3-2-4-20(21)26(34)30-14-17-6-8-18(9-7-17)23-22(25(29)33)24(28)32(31-23)19-10-12-27(13-11-19)15-36-16-27/h2-9,19H,10-16,28H2,1H3,(H2,29,33)(H,30,34). The first kappa shape index (κ1) is 23.9. The van der Waals surface area contributed by atoms with Crippen LogP contribution in [0.5, 0.6) is 5.75 Å². The number of methoxy groups -OCH3 is 1. The summed E-state index contributed by atoms with van der Waals surface area (Å²) in [7, 11) is 1.54. The van der Waals surface area contributed by atoms with Gasteiger partial charge in [0.05, 0.1) is 31.9 Å². The lowest BCUT2D eigenvalue weighted by Gasteiger charge is -2.46. The van der Waals surface area contributed by atoms with Crippen LogP contribution in [-0.2, 0) is 11.3 Å². The molecule has 188 valence electrons. The van der Waals surface area contributed by atoms with Gasteiger partial charge in [-0.2, -0.15) is 5.10 Å². The van der Waals surface area contributed by atoms with Gasteiger partial charge in [-0.3, -0.25) is 9.59 Å². The van der Waals surface area contributed by atoms with Gasteiger partial charge >= 0.3 is 0 Å². The molecule has 2 aliphatic rings. The lowest BCUT2D eigenvalue weighted by atomic mass is 9.71. The third-order valence-electron chi connectivity index (χ3n) is 7.40. The summed E-state index contributed by atoms with van der Waals surface area (Å²) >= 11 is 0. The molecule has 1 saturated carbocycles. The van der Waals surface area contributed by atoms with Crippen LogP contribution in [-0.4, -0.2) is 41.9 Å². The molecule has 9 nitrogen and oxygen atoms in total. The van der Waals surface area contributed by atoms with Gasteiger partial charge in [0.1, 0.15) is 22.8 Å². The largest absolute Gasteiger partial charge is 0.496 e. The van der Waals surface area contributed by atoms with Crippen LogP contribution in [0.3, 0.4) is 0 Å². The quantitative estimate of drug-likeness (QED) is 0.466. The van der Waals surface area contributed by atoms with E-state index in [0.29, 0.717) is 34.8 Å². The van der Waals surface area contributed by atoms with E-state index in [1.165, 1.54) is 7.11 Å². The first-order valence-corrected chi connectivity index (χ1v) is 12.2. The fourth-order valence-electron chi connectivity index (χ4n) is 5.20. The van der Waals surface area contributed by atoms with Crippen LogP contribution in [0.2, 0.25) is 0 Å². The molecule has 2 amide bonds. The summed E-state index contributed by atoms with van der Waals surface area (Å²) in [5.41, 5.74) is 15.3. The molecular formula is C27H31N5O4. The average molecular weight is 490 g/mol. The summed E-state index contributed by atoms with van der Waals surface area (Å²) in [6.45, 7) is 2.00. The maximum atomic E-state index is 12.6. The highest BCUT2D eigenvalue weighted by Crippen LogP contribution is 2.46. The van der Waals surface area contributed by atoms with Crippen molar-refractivity contribution in [2.75, 3.05) is 26.1 Å². The number of hydrogen-bond acceptors (Lipinski definition) is 6. The molecule has 2 fully saturated rings. The van der Waals surface area contributed by atoms with Gasteiger partial charge in [-0.1, -0.05) is 36.4 Å². The zero-order valence-corrected chi connectivity index (χ0v) is 20.3. The van der Waals surface area contributed by atoms with Gasteiger partial charge in [0.15, 0.2) is 0 Å². The number of ether oxygens (including phenoxy) is 2.